The minimum absolute atomic E-state index is 0.297. The molecule has 0 spiro atoms. The second kappa shape index (κ2) is 11.3. The van der Waals surface area contributed by atoms with Gasteiger partial charge in [0, 0.05) is 23.5 Å². The van der Waals surface area contributed by atoms with Crippen molar-refractivity contribution in [3.63, 3.8) is 0 Å². The summed E-state index contributed by atoms with van der Waals surface area (Å²) in [5.74, 6) is 1.20. The van der Waals surface area contributed by atoms with Crippen LogP contribution >= 0.6 is 11.8 Å². The van der Waals surface area contributed by atoms with Crippen LogP contribution in [0.5, 0.6) is 5.75 Å². The van der Waals surface area contributed by atoms with E-state index in [1.165, 1.54) is 52.1 Å². The van der Waals surface area contributed by atoms with E-state index in [1.807, 2.05) is 24.3 Å². The van der Waals surface area contributed by atoms with Gasteiger partial charge in [0.25, 0.3) is 0 Å². The molecule has 1 fully saturated rings. The van der Waals surface area contributed by atoms with Gasteiger partial charge in [-0.2, -0.15) is 5.10 Å². The number of thioether (sulfide) groups is 1. The van der Waals surface area contributed by atoms with Crippen molar-refractivity contribution in [3.05, 3.63) is 89.7 Å². The summed E-state index contributed by atoms with van der Waals surface area (Å²) in [6.07, 6.45) is -0.429. The first-order valence-corrected chi connectivity index (χ1v) is 13.2. The topological polar surface area (TPSA) is 67.9 Å². The summed E-state index contributed by atoms with van der Waals surface area (Å²) < 4.78 is 42.5. The first kappa shape index (κ1) is 26.5. The number of hydrogen-bond acceptors (Lipinski definition) is 6. The third-order valence-corrected chi connectivity index (χ3v) is 7.10. The lowest BCUT2D eigenvalue weighted by atomic mass is 10.1. The Labute approximate surface area is 228 Å². The van der Waals surface area contributed by atoms with Crippen LogP contribution in [0.1, 0.15) is 23.1 Å². The molecule has 0 unspecified atom stereocenters. The summed E-state index contributed by atoms with van der Waals surface area (Å²) in [7, 11) is 0. The van der Waals surface area contributed by atoms with Gasteiger partial charge >= 0.3 is 6.36 Å². The summed E-state index contributed by atoms with van der Waals surface area (Å²) >= 11 is 1.71. The highest BCUT2D eigenvalue weighted by atomic mass is 32.2. The number of nitrogens with zero attached hydrogens (tertiary/aromatic N) is 6. The van der Waals surface area contributed by atoms with E-state index in [1.54, 1.807) is 18.0 Å². The Kier molecular flexibility index (Phi) is 7.69. The number of rotatable bonds is 6. The Morgan fingerprint density at radius 3 is 2.38 bits per heavy atom. The number of para-hydroxylation sites is 1. The molecular weight excluding hydrogens is 525 g/mol. The zero-order valence-corrected chi connectivity index (χ0v) is 22.1. The molecule has 11 heteroatoms. The highest BCUT2D eigenvalue weighted by Gasteiger charge is 2.31. The predicted molar refractivity (Wildman–Crippen MR) is 149 cm³/mol. The van der Waals surface area contributed by atoms with E-state index in [0.29, 0.717) is 11.5 Å². The molecule has 1 aromatic heterocycles. The predicted octanol–water partition coefficient (Wildman–Crippen LogP) is 6.78. The van der Waals surface area contributed by atoms with Gasteiger partial charge in [0.1, 0.15) is 12.1 Å². The number of alkyl halides is 3. The average molecular weight is 551 g/mol. The smallest absolute Gasteiger partial charge is 0.406 e. The van der Waals surface area contributed by atoms with E-state index < -0.39 is 6.36 Å². The van der Waals surface area contributed by atoms with Crippen LogP contribution in [0.15, 0.2) is 83.3 Å². The summed E-state index contributed by atoms with van der Waals surface area (Å²) in [5, 5.41) is 14.2. The maximum absolute atomic E-state index is 12.4. The maximum Gasteiger partial charge on any atom is 0.573 e. The molecule has 200 valence electrons. The standard InChI is InChI=1S/C28H25F3N6OS/c1-19-5-3-6-20(2)25(19)36-15-4-16-39-27(36)34-33-17-21-7-9-22(10-8-21)26-32-18-37(35-26)23-11-13-24(14-12-23)38-28(29,30)31/h3,5-14,17-18H,4,15-16H2,1-2H3/b33-17+,34-27-. The quantitative estimate of drug-likeness (QED) is 0.196. The largest absolute Gasteiger partial charge is 0.573 e. The number of hydrogen-bond donors (Lipinski definition) is 0. The van der Waals surface area contributed by atoms with Crippen LogP contribution in [0.4, 0.5) is 18.9 Å². The van der Waals surface area contributed by atoms with E-state index >= 15 is 0 Å². The van der Waals surface area contributed by atoms with Gasteiger partial charge in [-0.15, -0.1) is 23.4 Å². The summed E-state index contributed by atoms with van der Waals surface area (Å²) in [6, 6.07) is 19.3. The molecule has 0 radical (unpaired) electrons. The summed E-state index contributed by atoms with van der Waals surface area (Å²) in [4.78, 5) is 6.57. The Bertz CT molecular complexity index is 1480. The van der Waals surface area contributed by atoms with Crippen LogP contribution in [0.2, 0.25) is 0 Å². The highest BCUT2D eigenvalue weighted by molar-refractivity contribution is 8.14. The Morgan fingerprint density at radius 2 is 1.69 bits per heavy atom. The van der Waals surface area contributed by atoms with Gasteiger partial charge in [-0.05, 0) is 61.2 Å². The Hall–Kier alpha value is -4.12. The van der Waals surface area contributed by atoms with E-state index in [2.05, 4.69) is 62.0 Å². The number of aromatic nitrogens is 3. The zero-order chi connectivity index (χ0) is 27.4. The van der Waals surface area contributed by atoms with E-state index in [9.17, 15) is 13.2 Å². The fourth-order valence-electron chi connectivity index (χ4n) is 4.26. The van der Waals surface area contributed by atoms with Gasteiger partial charge in [-0.25, -0.2) is 9.67 Å². The lowest BCUT2D eigenvalue weighted by molar-refractivity contribution is -0.274. The van der Waals surface area contributed by atoms with Crippen molar-refractivity contribution in [2.45, 2.75) is 26.6 Å². The number of amidine groups is 1. The van der Waals surface area contributed by atoms with Crippen molar-refractivity contribution in [2.24, 2.45) is 10.2 Å². The van der Waals surface area contributed by atoms with Gasteiger partial charge in [-0.3, -0.25) is 0 Å². The molecule has 1 aliphatic heterocycles. The second-order valence-electron chi connectivity index (χ2n) is 8.90. The third-order valence-electron chi connectivity index (χ3n) is 6.04. The van der Waals surface area contributed by atoms with E-state index in [-0.39, 0.29) is 5.75 Å². The van der Waals surface area contributed by atoms with Gasteiger partial charge in [0.05, 0.1) is 11.9 Å². The van der Waals surface area contributed by atoms with Crippen molar-refractivity contribution in [1.29, 1.82) is 0 Å². The van der Waals surface area contributed by atoms with Gasteiger partial charge < -0.3 is 9.64 Å². The first-order chi connectivity index (χ1) is 18.8. The molecular formula is C28H25F3N6OS. The maximum atomic E-state index is 12.4. The molecule has 0 N–H and O–H groups in total. The Morgan fingerprint density at radius 1 is 0.974 bits per heavy atom. The highest BCUT2D eigenvalue weighted by Crippen LogP contribution is 2.31. The monoisotopic (exact) mass is 550 g/mol. The summed E-state index contributed by atoms with van der Waals surface area (Å²) in [6.45, 7) is 5.14. The molecule has 0 bridgehead atoms. The number of benzene rings is 3. The number of aryl methyl sites for hydroxylation is 2. The van der Waals surface area contributed by atoms with Crippen LogP contribution in [0, 0.1) is 13.8 Å². The van der Waals surface area contributed by atoms with Gasteiger partial charge in [0.15, 0.2) is 11.0 Å². The molecule has 0 atom stereocenters. The minimum Gasteiger partial charge on any atom is -0.406 e. The fourth-order valence-corrected chi connectivity index (χ4v) is 5.16. The van der Waals surface area contributed by atoms with Gasteiger partial charge in [0.2, 0.25) is 0 Å². The van der Waals surface area contributed by atoms with Crippen LogP contribution in [-0.2, 0) is 0 Å². The van der Waals surface area contributed by atoms with Crippen LogP contribution in [0.25, 0.3) is 17.1 Å². The first-order valence-electron chi connectivity index (χ1n) is 12.2. The SMILES string of the molecule is Cc1cccc(C)c1N1CCCS/C1=N\N=C\c1ccc(-c2ncn(-c3ccc(OC(F)(F)F)cc3)n2)cc1. The molecule has 4 aromatic rings. The van der Waals surface area contributed by atoms with Crippen LogP contribution in [-0.4, -0.2) is 44.8 Å². The molecule has 3 aromatic carbocycles. The molecule has 0 amide bonds. The number of ether oxygens (including phenoxy) is 1. The van der Waals surface area contributed by atoms with Gasteiger partial charge in [-0.1, -0.05) is 54.2 Å². The molecule has 0 saturated carbocycles. The lowest BCUT2D eigenvalue weighted by Gasteiger charge is -2.31. The van der Waals surface area contributed by atoms with Crippen molar-refractivity contribution < 1.29 is 17.9 Å². The Balaban J connectivity index is 1.27. The fraction of sp³-hybridized carbons (Fsp3) is 0.214. The summed E-state index contributed by atoms with van der Waals surface area (Å²) in [5.41, 5.74) is 5.85. The van der Waals surface area contributed by atoms with Crippen molar-refractivity contribution in [1.82, 2.24) is 14.8 Å². The second-order valence-corrected chi connectivity index (χ2v) is 9.96. The zero-order valence-electron chi connectivity index (χ0n) is 21.3. The molecule has 7 nitrogen and oxygen atoms in total. The molecule has 39 heavy (non-hydrogen) atoms. The van der Waals surface area contributed by atoms with Crippen LogP contribution < -0.4 is 9.64 Å². The van der Waals surface area contributed by atoms with Crippen molar-refractivity contribution in [3.8, 4) is 22.8 Å². The average Bonchev–Trinajstić information content (AvgIpc) is 3.40. The molecule has 5 rings (SSSR count). The third kappa shape index (κ3) is 6.48. The lowest BCUT2D eigenvalue weighted by Crippen LogP contribution is -2.35. The molecule has 1 saturated heterocycles. The molecule has 0 aliphatic carbocycles. The minimum atomic E-state index is -4.73. The van der Waals surface area contributed by atoms with Crippen LogP contribution in [0.3, 0.4) is 0 Å². The number of anilines is 1. The van der Waals surface area contributed by atoms with E-state index in [0.717, 1.165) is 35.0 Å². The van der Waals surface area contributed by atoms with Crippen molar-refractivity contribution in [2.75, 3.05) is 17.2 Å². The normalized spacial score (nSPS) is 15.3. The van der Waals surface area contributed by atoms with Crippen molar-refractivity contribution >= 4 is 28.8 Å². The molecule has 2 heterocycles. The molecule has 1 aliphatic rings. The number of halogens is 3. The van der Waals surface area contributed by atoms with E-state index in [4.69, 9.17) is 0 Å².